The predicted molar refractivity (Wildman–Crippen MR) is 96.7 cm³/mol. The third-order valence-electron chi connectivity index (χ3n) is 3.76. The van der Waals surface area contributed by atoms with Gasteiger partial charge in [-0.05, 0) is 42.9 Å². The van der Waals surface area contributed by atoms with Crippen LogP contribution < -0.4 is 10.9 Å². The molecule has 5 heteroatoms. The van der Waals surface area contributed by atoms with Crippen molar-refractivity contribution < 1.29 is 4.79 Å². The first kappa shape index (κ1) is 17.9. The summed E-state index contributed by atoms with van der Waals surface area (Å²) in [6.07, 6.45) is 1.11. The number of aromatic nitrogens is 2. The zero-order chi connectivity index (χ0) is 17.7. The normalized spacial score (nSPS) is 11.2. The van der Waals surface area contributed by atoms with E-state index in [9.17, 15) is 4.79 Å². The minimum atomic E-state index is -0.0855. The van der Waals surface area contributed by atoms with E-state index >= 15 is 0 Å². The van der Waals surface area contributed by atoms with Gasteiger partial charge in [0.05, 0.1) is 0 Å². The van der Waals surface area contributed by atoms with Crippen molar-refractivity contribution in [3.05, 3.63) is 52.8 Å². The van der Waals surface area contributed by atoms with Gasteiger partial charge in [-0.2, -0.15) is 0 Å². The van der Waals surface area contributed by atoms with Crippen LogP contribution in [0.2, 0.25) is 0 Å². The molecule has 1 aromatic heterocycles. The van der Waals surface area contributed by atoms with E-state index < -0.39 is 0 Å². The smallest absolute Gasteiger partial charge is 0.242 e. The molecule has 2 N–H and O–H groups in total. The SMILES string of the molecule is Cc1cc(C)nc(NNC(=O)CCc2ccc(C(C)(C)C)cc2)n1. The first-order valence-electron chi connectivity index (χ1n) is 8.20. The molecule has 0 atom stereocenters. The highest BCUT2D eigenvalue weighted by molar-refractivity contribution is 5.77. The molecule has 2 aromatic rings. The Bertz CT molecular complexity index is 682. The van der Waals surface area contributed by atoms with E-state index in [0.29, 0.717) is 18.8 Å². The van der Waals surface area contributed by atoms with Crippen molar-refractivity contribution in [2.45, 2.75) is 52.9 Å². The van der Waals surface area contributed by atoms with Crippen LogP contribution in [0.15, 0.2) is 30.3 Å². The van der Waals surface area contributed by atoms with Gasteiger partial charge in [0, 0.05) is 17.8 Å². The van der Waals surface area contributed by atoms with Crippen LogP contribution in [0.3, 0.4) is 0 Å². The lowest BCUT2D eigenvalue weighted by Crippen LogP contribution is -2.30. The Morgan fingerprint density at radius 1 is 1.04 bits per heavy atom. The number of anilines is 1. The molecule has 5 nitrogen and oxygen atoms in total. The lowest BCUT2D eigenvalue weighted by molar-refractivity contribution is -0.120. The maximum absolute atomic E-state index is 12.0. The molecule has 0 aliphatic rings. The van der Waals surface area contributed by atoms with Gasteiger partial charge in [-0.1, -0.05) is 45.0 Å². The highest BCUT2D eigenvalue weighted by Crippen LogP contribution is 2.22. The summed E-state index contributed by atoms with van der Waals surface area (Å²) < 4.78 is 0. The summed E-state index contributed by atoms with van der Waals surface area (Å²) in [5, 5.41) is 0. The number of hydrazine groups is 1. The van der Waals surface area contributed by atoms with Gasteiger partial charge in [0.1, 0.15) is 0 Å². The Labute approximate surface area is 143 Å². The first-order valence-corrected chi connectivity index (χ1v) is 8.20. The molecule has 0 fully saturated rings. The van der Waals surface area contributed by atoms with Crippen LogP contribution in [0.25, 0.3) is 0 Å². The average Bonchev–Trinajstić information content (AvgIpc) is 2.49. The zero-order valence-electron chi connectivity index (χ0n) is 15.1. The second-order valence-electron chi connectivity index (χ2n) is 7.09. The molecular weight excluding hydrogens is 300 g/mol. The molecule has 0 unspecified atom stereocenters. The number of hydrogen-bond donors (Lipinski definition) is 2. The van der Waals surface area contributed by atoms with E-state index in [1.807, 2.05) is 19.9 Å². The first-order chi connectivity index (χ1) is 11.2. The monoisotopic (exact) mass is 326 g/mol. The summed E-state index contributed by atoms with van der Waals surface area (Å²) in [6.45, 7) is 10.4. The summed E-state index contributed by atoms with van der Waals surface area (Å²) in [7, 11) is 0. The third kappa shape index (κ3) is 5.33. The van der Waals surface area contributed by atoms with Crippen LogP contribution in [-0.4, -0.2) is 15.9 Å². The average molecular weight is 326 g/mol. The van der Waals surface area contributed by atoms with Crippen molar-refractivity contribution in [1.29, 1.82) is 0 Å². The van der Waals surface area contributed by atoms with E-state index in [0.717, 1.165) is 17.0 Å². The Balaban J connectivity index is 1.82. The summed E-state index contributed by atoms with van der Waals surface area (Å²) >= 11 is 0. The van der Waals surface area contributed by atoms with Gasteiger partial charge in [0.25, 0.3) is 0 Å². The van der Waals surface area contributed by atoms with Crippen LogP contribution in [0, 0.1) is 13.8 Å². The molecule has 1 amide bonds. The van der Waals surface area contributed by atoms with Gasteiger partial charge < -0.3 is 0 Å². The number of nitrogens with zero attached hydrogens (tertiary/aromatic N) is 2. The maximum atomic E-state index is 12.0. The van der Waals surface area contributed by atoms with Gasteiger partial charge in [0.2, 0.25) is 11.9 Å². The molecule has 128 valence electrons. The Morgan fingerprint density at radius 3 is 2.17 bits per heavy atom. The zero-order valence-corrected chi connectivity index (χ0v) is 15.1. The van der Waals surface area contributed by atoms with Gasteiger partial charge in [-0.3, -0.25) is 15.6 Å². The Kier molecular flexibility index (Phi) is 5.54. The summed E-state index contributed by atoms with van der Waals surface area (Å²) in [5.74, 6) is 0.327. The molecule has 0 radical (unpaired) electrons. The second kappa shape index (κ2) is 7.43. The summed E-state index contributed by atoms with van der Waals surface area (Å²) in [5.41, 5.74) is 9.73. The largest absolute Gasteiger partial charge is 0.273 e. The predicted octanol–water partition coefficient (Wildman–Crippen LogP) is 3.47. The summed E-state index contributed by atoms with van der Waals surface area (Å²) in [6, 6.07) is 10.3. The highest BCUT2D eigenvalue weighted by Gasteiger charge is 2.13. The van der Waals surface area contributed by atoms with Crippen molar-refractivity contribution in [3.8, 4) is 0 Å². The molecule has 0 aliphatic carbocycles. The lowest BCUT2D eigenvalue weighted by Gasteiger charge is -2.19. The number of benzene rings is 1. The van der Waals surface area contributed by atoms with Crippen molar-refractivity contribution >= 4 is 11.9 Å². The van der Waals surface area contributed by atoms with Crippen LogP contribution in [0.1, 0.15) is 49.7 Å². The maximum Gasteiger partial charge on any atom is 0.242 e. The molecule has 0 aliphatic heterocycles. The van der Waals surface area contributed by atoms with E-state index in [1.54, 1.807) is 0 Å². The van der Waals surface area contributed by atoms with Crippen LogP contribution in [0.5, 0.6) is 0 Å². The quantitative estimate of drug-likeness (QED) is 0.826. The standard InChI is InChI=1S/C19H26N4O/c1-13-12-14(2)21-18(20-13)23-22-17(24)11-8-15-6-9-16(10-7-15)19(3,4)5/h6-7,9-10,12H,8,11H2,1-5H3,(H,22,24)(H,20,21,23). The van der Waals surface area contributed by atoms with Gasteiger partial charge in [0.15, 0.2) is 0 Å². The number of carbonyl (C=O) groups excluding carboxylic acids is 1. The molecule has 0 saturated carbocycles. The van der Waals surface area contributed by atoms with Crippen molar-refractivity contribution in [2.24, 2.45) is 0 Å². The number of rotatable bonds is 5. The molecule has 0 bridgehead atoms. The molecule has 24 heavy (non-hydrogen) atoms. The fourth-order valence-electron chi connectivity index (χ4n) is 2.40. The molecule has 1 aromatic carbocycles. The number of hydrogen-bond acceptors (Lipinski definition) is 4. The van der Waals surface area contributed by atoms with Crippen LogP contribution >= 0.6 is 0 Å². The van der Waals surface area contributed by atoms with Gasteiger partial charge in [-0.15, -0.1) is 0 Å². The molecular formula is C19H26N4O. The Morgan fingerprint density at radius 2 is 1.62 bits per heavy atom. The van der Waals surface area contributed by atoms with Crippen molar-refractivity contribution in [1.82, 2.24) is 15.4 Å². The molecule has 0 spiro atoms. The number of amides is 1. The fraction of sp³-hybridized carbons (Fsp3) is 0.421. The topological polar surface area (TPSA) is 66.9 Å². The van der Waals surface area contributed by atoms with Gasteiger partial charge in [-0.25, -0.2) is 9.97 Å². The summed E-state index contributed by atoms with van der Waals surface area (Å²) in [4.78, 5) is 20.4. The Hall–Kier alpha value is -2.43. The van der Waals surface area contributed by atoms with Gasteiger partial charge >= 0.3 is 0 Å². The van der Waals surface area contributed by atoms with Crippen LogP contribution in [0.4, 0.5) is 5.95 Å². The number of nitrogens with one attached hydrogen (secondary N) is 2. The lowest BCUT2D eigenvalue weighted by atomic mass is 9.86. The van der Waals surface area contributed by atoms with E-state index in [-0.39, 0.29) is 11.3 Å². The second-order valence-corrected chi connectivity index (χ2v) is 7.09. The fourth-order valence-corrected chi connectivity index (χ4v) is 2.40. The minimum Gasteiger partial charge on any atom is -0.273 e. The number of aryl methyl sites for hydroxylation is 3. The third-order valence-corrected chi connectivity index (χ3v) is 3.76. The van der Waals surface area contributed by atoms with E-state index in [4.69, 9.17) is 0 Å². The molecule has 0 saturated heterocycles. The van der Waals surface area contributed by atoms with Crippen molar-refractivity contribution in [2.75, 3.05) is 5.43 Å². The van der Waals surface area contributed by atoms with Crippen molar-refractivity contribution in [3.63, 3.8) is 0 Å². The highest BCUT2D eigenvalue weighted by atomic mass is 16.2. The number of carbonyl (C=O) groups is 1. The van der Waals surface area contributed by atoms with E-state index in [2.05, 4.69) is 65.9 Å². The molecule has 2 rings (SSSR count). The van der Waals surface area contributed by atoms with E-state index in [1.165, 1.54) is 5.56 Å². The molecule has 1 heterocycles. The minimum absolute atomic E-state index is 0.0855. The van der Waals surface area contributed by atoms with Crippen LogP contribution in [-0.2, 0) is 16.6 Å².